The summed E-state index contributed by atoms with van der Waals surface area (Å²) in [6.45, 7) is 1.95. The van der Waals surface area contributed by atoms with Crippen LogP contribution in [0.1, 0.15) is 28.6 Å². The number of benzene rings is 1. The number of carbonyl (C=O) groups excluding carboxylic acids is 1. The zero-order valence-corrected chi connectivity index (χ0v) is 14.6. The lowest BCUT2D eigenvalue weighted by atomic mass is 10.0. The van der Waals surface area contributed by atoms with Gasteiger partial charge in [-0.15, -0.1) is 11.3 Å². The highest BCUT2D eigenvalue weighted by atomic mass is 32.1. The van der Waals surface area contributed by atoms with Crippen molar-refractivity contribution in [3.63, 3.8) is 0 Å². The van der Waals surface area contributed by atoms with E-state index in [0.29, 0.717) is 17.2 Å². The van der Waals surface area contributed by atoms with Gasteiger partial charge in [-0.25, -0.2) is 14.8 Å². The fourth-order valence-electron chi connectivity index (χ4n) is 2.68. The monoisotopic (exact) mass is 345 g/mol. The lowest BCUT2D eigenvalue weighted by Gasteiger charge is -2.08. The van der Waals surface area contributed by atoms with Crippen molar-refractivity contribution < 1.29 is 14.3 Å². The fourth-order valence-corrected chi connectivity index (χ4v) is 3.85. The number of thiophene rings is 1. The van der Waals surface area contributed by atoms with E-state index in [4.69, 9.17) is 15.2 Å². The summed E-state index contributed by atoms with van der Waals surface area (Å²) < 4.78 is 11.1. The number of fused-ring (bicyclic) bond motifs is 3. The highest BCUT2D eigenvalue weighted by Crippen LogP contribution is 2.37. The molecule has 6 nitrogen and oxygen atoms in total. The first-order valence-electron chi connectivity index (χ1n) is 7.64. The van der Waals surface area contributed by atoms with Crippen LogP contribution in [0.15, 0.2) is 18.3 Å². The summed E-state index contributed by atoms with van der Waals surface area (Å²) in [7, 11) is 2.95. The summed E-state index contributed by atoms with van der Waals surface area (Å²) in [6, 6.07) is 3.89. The second-order valence-corrected chi connectivity index (χ2v) is 6.69. The highest BCUT2D eigenvalue weighted by molar-refractivity contribution is 7.21. The van der Waals surface area contributed by atoms with Gasteiger partial charge in [0.2, 0.25) is 5.88 Å². The van der Waals surface area contributed by atoms with Gasteiger partial charge in [-0.3, -0.25) is 0 Å². The van der Waals surface area contributed by atoms with Gasteiger partial charge in [-0.1, -0.05) is 0 Å². The van der Waals surface area contributed by atoms with E-state index in [-0.39, 0.29) is 12.0 Å². The van der Waals surface area contributed by atoms with E-state index in [1.807, 2.05) is 19.1 Å². The summed E-state index contributed by atoms with van der Waals surface area (Å²) >= 11 is 1.42. The second-order valence-electron chi connectivity index (χ2n) is 5.64. The molecule has 0 saturated heterocycles. The van der Waals surface area contributed by atoms with Crippen molar-refractivity contribution in [1.29, 1.82) is 0 Å². The maximum atomic E-state index is 12.2. The predicted octanol–water partition coefficient (Wildman–Crippen LogP) is 2.92. The Morgan fingerprint density at radius 2 is 2.17 bits per heavy atom. The number of ether oxygens (including phenoxy) is 2. The number of hydrogen-bond acceptors (Lipinski definition) is 7. The Labute approximate surface area is 143 Å². The smallest absolute Gasteiger partial charge is 0.348 e. The molecule has 1 unspecified atom stereocenters. The first kappa shape index (κ1) is 16.6. The quantitative estimate of drug-likeness (QED) is 0.715. The molecule has 1 aromatic carbocycles. The molecule has 0 fully saturated rings. The van der Waals surface area contributed by atoms with Crippen LogP contribution in [0.2, 0.25) is 0 Å². The Balaban J connectivity index is 2.27. The molecule has 0 bridgehead atoms. The van der Waals surface area contributed by atoms with Crippen LogP contribution in [0.5, 0.6) is 5.88 Å². The van der Waals surface area contributed by atoms with Gasteiger partial charge < -0.3 is 15.2 Å². The van der Waals surface area contributed by atoms with E-state index >= 15 is 0 Å². The molecule has 2 aromatic heterocycles. The molecule has 3 aromatic rings. The summed E-state index contributed by atoms with van der Waals surface area (Å²) in [4.78, 5) is 21.7. The number of esters is 1. The number of aromatic nitrogens is 2. The largest absolute Gasteiger partial charge is 0.480 e. The lowest BCUT2D eigenvalue weighted by molar-refractivity contribution is 0.0605. The van der Waals surface area contributed by atoms with Crippen LogP contribution in [0.3, 0.4) is 0 Å². The van der Waals surface area contributed by atoms with Crippen LogP contribution in [0.25, 0.3) is 21.1 Å². The predicted molar refractivity (Wildman–Crippen MR) is 94.8 cm³/mol. The van der Waals surface area contributed by atoms with Crippen LogP contribution in [-0.2, 0) is 11.2 Å². The average Bonchev–Trinajstić information content (AvgIpc) is 2.97. The number of hydrogen-bond donors (Lipinski definition) is 1. The van der Waals surface area contributed by atoms with Crippen LogP contribution in [-0.4, -0.2) is 36.2 Å². The maximum Gasteiger partial charge on any atom is 0.348 e. The number of rotatable bonds is 5. The van der Waals surface area contributed by atoms with E-state index in [1.165, 1.54) is 18.4 Å². The molecule has 0 amide bonds. The molecule has 0 aliphatic rings. The Morgan fingerprint density at radius 3 is 2.83 bits per heavy atom. The molecule has 0 aliphatic heterocycles. The standard InChI is InChI=1S/C17H19N3O3S/c1-9(18)4-5-10-14-12(24-16(10)17(21)23-3)7-6-11-15(14)19-8-13(20-11)22-2/h6-9H,4-5,18H2,1-3H3. The molecule has 0 radical (unpaired) electrons. The van der Waals surface area contributed by atoms with Crippen molar-refractivity contribution in [1.82, 2.24) is 9.97 Å². The van der Waals surface area contributed by atoms with Crippen molar-refractivity contribution >= 4 is 38.4 Å². The van der Waals surface area contributed by atoms with Crippen LogP contribution < -0.4 is 10.5 Å². The SMILES string of the molecule is COC(=O)c1sc2ccc3nc(OC)cnc3c2c1CCC(C)N. The van der Waals surface area contributed by atoms with Gasteiger partial charge in [0.25, 0.3) is 0 Å². The van der Waals surface area contributed by atoms with Gasteiger partial charge >= 0.3 is 5.97 Å². The molecule has 0 aliphatic carbocycles. The first-order chi connectivity index (χ1) is 11.5. The van der Waals surface area contributed by atoms with Gasteiger partial charge in [0.05, 0.1) is 31.4 Å². The molecule has 7 heteroatoms. The average molecular weight is 345 g/mol. The van der Waals surface area contributed by atoms with Crippen molar-refractivity contribution in [3.8, 4) is 5.88 Å². The Hall–Kier alpha value is -2.25. The minimum atomic E-state index is -0.328. The van der Waals surface area contributed by atoms with Crippen LogP contribution in [0, 0.1) is 0 Å². The Kier molecular flexibility index (Phi) is 4.64. The molecule has 2 heterocycles. The molecular weight excluding hydrogens is 326 g/mol. The van der Waals surface area contributed by atoms with Crippen molar-refractivity contribution in [3.05, 3.63) is 28.8 Å². The normalized spacial score (nSPS) is 12.5. The van der Waals surface area contributed by atoms with Gasteiger partial charge in [0, 0.05) is 16.1 Å². The van der Waals surface area contributed by atoms with Gasteiger partial charge in [-0.2, -0.15) is 0 Å². The number of nitrogens with two attached hydrogens (primary N) is 1. The maximum absolute atomic E-state index is 12.2. The summed E-state index contributed by atoms with van der Waals surface area (Å²) in [6.07, 6.45) is 3.05. The number of carbonyl (C=O) groups is 1. The van der Waals surface area contributed by atoms with Crippen LogP contribution >= 0.6 is 11.3 Å². The Bertz CT molecular complexity index is 905. The van der Waals surface area contributed by atoms with Gasteiger partial charge in [0.1, 0.15) is 4.88 Å². The third-order valence-corrected chi connectivity index (χ3v) is 5.05. The van der Waals surface area contributed by atoms with Crippen molar-refractivity contribution in [2.45, 2.75) is 25.8 Å². The molecule has 2 N–H and O–H groups in total. The summed E-state index contributed by atoms with van der Waals surface area (Å²) in [5, 5.41) is 0.953. The summed E-state index contributed by atoms with van der Waals surface area (Å²) in [5.74, 6) is 0.132. The van der Waals surface area contributed by atoms with Crippen molar-refractivity contribution in [2.75, 3.05) is 14.2 Å². The molecular formula is C17H19N3O3S. The summed E-state index contributed by atoms with van der Waals surface area (Å²) in [5.41, 5.74) is 8.34. The first-order valence-corrected chi connectivity index (χ1v) is 8.45. The number of methoxy groups -OCH3 is 2. The van der Waals surface area contributed by atoms with Crippen LogP contribution in [0.4, 0.5) is 0 Å². The molecule has 3 rings (SSSR count). The van der Waals surface area contributed by atoms with E-state index in [0.717, 1.165) is 33.1 Å². The van der Waals surface area contributed by atoms with E-state index in [9.17, 15) is 4.79 Å². The number of aryl methyl sites for hydroxylation is 1. The third-order valence-electron chi connectivity index (χ3n) is 3.87. The molecule has 24 heavy (non-hydrogen) atoms. The Morgan fingerprint density at radius 1 is 1.38 bits per heavy atom. The molecule has 0 saturated carbocycles. The molecule has 126 valence electrons. The zero-order valence-electron chi connectivity index (χ0n) is 13.8. The van der Waals surface area contributed by atoms with Gasteiger partial charge in [0.15, 0.2) is 0 Å². The van der Waals surface area contributed by atoms with Gasteiger partial charge in [-0.05, 0) is 37.5 Å². The van der Waals surface area contributed by atoms with E-state index < -0.39 is 0 Å². The second kappa shape index (κ2) is 6.70. The minimum absolute atomic E-state index is 0.0478. The van der Waals surface area contributed by atoms with Crippen molar-refractivity contribution in [2.24, 2.45) is 5.73 Å². The lowest BCUT2D eigenvalue weighted by Crippen LogP contribution is -2.16. The topological polar surface area (TPSA) is 87.3 Å². The third kappa shape index (κ3) is 2.92. The number of nitrogens with zero attached hydrogens (tertiary/aromatic N) is 2. The zero-order chi connectivity index (χ0) is 17.3. The van der Waals surface area contributed by atoms with E-state index in [2.05, 4.69) is 9.97 Å². The molecule has 0 spiro atoms. The minimum Gasteiger partial charge on any atom is -0.480 e. The fraction of sp³-hybridized carbons (Fsp3) is 0.353. The van der Waals surface area contributed by atoms with E-state index in [1.54, 1.807) is 13.3 Å². The highest BCUT2D eigenvalue weighted by Gasteiger charge is 2.21. The molecule has 1 atom stereocenters.